The number of carbonyl (C=O) groups is 2. The molecule has 8 heteroatoms. The Morgan fingerprint density at radius 2 is 1.91 bits per heavy atom. The number of fused-ring (bicyclic) bond motifs is 1. The van der Waals surface area contributed by atoms with E-state index in [4.69, 9.17) is 19.3 Å². The van der Waals surface area contributed by atoms with Crippen molar-refractivity contribution in [3.05, 3.63) is 76.2 Å². The molecule has 33 heavy (non-hydrogen) atoms. The molecule has 0 radical (unpaired) electrons. The molecule has 168 valence electrons. The van der Waals surface area contributed by atoms with Crippen molar-refractivity contribution >= 4 is 39.2 Å². The molecule has 0 bridgehead atoms. The van der Waals surface area contributed by atoms with Gasteiger partial charge in [-0.2, -0.15) is 0 Å². The number of hydrogen-bond acceptors (Lipinski definition) is 7. The summed E-state index contributed by atoms with van der Waals surface area (Å²) in [5.41, 5.74) is 2.99. The number of rotatable bonds is 6. The topological polar surface area (TPSA) is 102 Å². The number of amides is 1. The van der Waals surface area contributed by atoms with Gasteiger partial charge in [-0.05, 0) is 31.5 Å². The fraction of sp³-hybridized carbons (Fsp3) is 0.160. The highest BCUT2D eigenvalue weighted by molar-refractivity contribution is 7.15. The first-order chi connectivity index (χ1) is 15.9. The number of hydrogen-bond donors (Lipinski definition) is 2. The van der Waals surface area contributed by atoms with Gasteiger partial charge in [-0.1, -0.05) is 42.0 Å². The molecule has 0 atom stereocenters. The summed E-state index contributed by atoms with van der Waals surface area (Å²) in [6.07, 6.45) is 0. The second-order valence-electron chi connectivity index (χ2n) is 7.26. The van der Waals surface area contributed by atoms with E-state index in [0.717, 1.165) is 11.1 Å². The molecule has 2 aromatic carbocycles. The van der Waals surface area contributed by atoms with Gasteiger partial charge in [-0.15, -0.1) is 11.3 Å². The van der Waals surface area contributed by atoms with Gasteiger partial charge in [0.05, 0.1) is 13.7 Å². The Morgan fingerprint density at radius 1 is 1.15 bits per heavy atom. The third-order valence-corrected chi connectivity index (χ3v) is 5.97. The van der Waals surface area contributed by atoms with Crippen molar-refractivity contribution in [3.63, 3.8) is 0 Å². The van der Waals surface area contributed by atoms with E-state index in [9.17, 15) is 9.59 Å². The first-order valence-corrected chi connectivity index (χ1v) is 11.1. The molecule has 4 aromatic rings. The summed E-state index contributed by atoms with van der Waals surface area (Å²) in [7, 11) is 1.30. The third kappa shape index (κ3) is 4.38. The second kappa shape index (κ2) is 9.30. The molecular formula is C25H22N2O5S. The number of ether oxygens (including phenoxy) is 2. The summed E-state index contributed by atoms with van der Waals surface area (Å²) in [4.78, 5) is 25.7. The van der Waals surface area contributed by atoms with E-state index >= 15 is 0 Å². The molecule has 2 heterocycles. The summed E-state index contributed by atoms with van der Waals surface area (Å²) in [6.45, 7) is 4.28. The first kappa shape index (κ1) is 22.3. The van der Waals surface area contributed by atoms with Crippen molar-refractivity contribution in [1.82, 2.24) is 0 Å². The second-order valence-corrected chi connectivity index (χ2v) is 8.14. The fourth-order valence-corrected chi connectivity index (χ4v) is 4.39. The van der Waals surface area contributed by atoms with E-state index in [1.165, 1.54) is 18.4 Å². The zero-order valence-electron chi connectivity index (χ0n) is 18.4. The van der Waals surface area contributed by atoms with Crippen LogP contribution >= 0.6 is 11.3 Å². The van der Waals surface area contributed by atoms with Gasteiger partial charge in [0.25, 0.3) is 5.91 Å². The predicted octanol–water partition coefficient (Wildman–Crippen LogP) is 5.39. The van der Waals surface area contributed by atoms with Gasteiger partial charge < -0.3 is 19.2 Å². The largest absolute Gasteiger partial charge is 0.490 e. The summed E-state index contributed by atoms with van der Waals surface area (Å²) >= 11 is 1.22. The van der Waals surface area contributed by atoms with Crippen LogP contribution in [0.3, 0.4) is 0 Å². The van der Waals surface area contributed by atoms with Gasteiger partial charge in [0.15, 0.2) is 11.3 Å². The number of benzene rings is 2. The van der Waals surface area contributed by atoms with Crippen LogP contribution in [0.15, 0.2) is 58.3 Å². The van der Waals surface area contributed by atoms with Crippen LogP contribution in [0.4, 0.5) is 5.00 Å². The average Bonchev–Trinajstić information content (AvgIpc) is 3.22. The number of anilines is 1. The van der Waals surface area contributed by atoms with Crippen molar-refractivity contribution in [1.29, 1.82) is 5.41 Å². The Kier molecular flexibility index (Phi) is 6.28. The van der Waals surface area contributed by atoms with Crippen LogP contribution in [0.2, 0.25) is 0 Å². The van der Waals surface area contributed by atoms with Crippen LogP contribution in [0.25, 0.3) is 22.1 Å². The molecule has 2 N–H and O–H groups in total. The van der Waals surface area contributed by atoms with Crippen LogP contribution < -0.4 is 15.6 Å². The maximum atomic E-state index is 13.1. The fourth-order valence-electron chi connectivity index (χ4n) is 3.44. The Hall–Kier alpha value is -3.91. The zero-order valence-corrected chi connectivity index (χ0v) is 19.2. The van der Waals surface area contributed by atoms with E-state index in [0.29, 0.717) is 33.9 Å². The average molecular weight is 463 g/mol. The molecule has 0 aliphatic carbocycles. The van der Waals surface area contributed by atoms with Gasteiger partial charge >= 0.3 is 5.97 Å². The monoisotopic (exact) mass is 462 g/mol. The molecule has 0 saturated carbocycles. The minimum atomic E-state index is -0.560. The molecule has 0 spiro atoms. The van der Waals surface area contributed by atoms with Crippen LogP contribution in [0.5, 0.6) is 5.75 Å². The smallest absolute Gasteiger partial charge is 0.341 e. The lowest BCUT2D eigenvalue weighted by atomic mass is 10.0. The molecule has 2 aromatic heterocycles. The molecule has 7 nitrogen and oxygen atoms in total. The highest BCUT2D eigenvalue weighted by Crippen LogP contribution is 2.36. The van der Waals surface area contributed by atoms with Gasteiger partial charge in [-0.3, -0.25) is 10.2 Å². The number of para-hydroxylation sites is 1. The van der Waals surface area contributed by atoms with Crippen molar-refractivity contribution < 1.29 is 23.5 Å². The summed E-state index contributed by atoms with van der Waals surface area (Å²) in [6, 6.07) is 14.6. The standard InChI is InChI=1S/C25H22N2O5S/c1-4-31-19-7-5-6-16-12-17(22(26)32-21(16)19)23(28)27-24-20(25(29)30-3)18(13-33-24)15-10-8-14(2)9-11-15/h5-13,26H,4H2,1-3H3,(H,27,28). The highest BCUT2D eigenvalue weighted by atomic mass is 32.1. The van der Waals surface area contributed by atoms with E-state index in [1.807, 2.05) is 38.1 Å². The number of aryl methyl sites for hydroxylation is 1. The van der Waals surface area contributed by atoms with Gasteiger partial charge in [-0.25, -0.2) is 4.79 Å². The molecule has 0 fully saturated rings. The van der Waals surface area contributed by atoms with Crippen molar-refractivity contribution in [2.75, 3.05) is 19.0 Å². The van der Waals surface area contributed by atoms with Crippen LogP contribution in [0, 0.1) is 12.3 Å². The molecule has 0 aliphatic heterocycles. The quantitative estimate of drug-likeness (QED) is 0.374. The maximum absolute atomic E-state index is 13.1. The van der Waals surface area contributed by atoms with E-state index in [2.05, 4.69) is 5.32 Å². The molecule has 4 rings (SSSR count). The molecule has 0 unspecified atom stereocenters. The Morgan fingerprint density at radius 3 is 2.61 bits per heavy atom. The molecule has 1 amide bonds. The number of carbonyl (C=O) groups excluding carboxylic acids is 2. The number of esters is 1. The SMILES string of the molecule is CCOc1cccc2cc(C(=O)Nc3scc(-c4ccc(C)cc4)c3C(=O)OC)c(=N)oc12. The number of methoxy groups -OCH3 is 1. The molecular weight excluding hydrogens is 440 g/mol. The van der Waals surface area contributed by atoms with Crippen molar-refractivity contribution in [3.8, 4) is 16.9 Å². The van der Waals surface area contributed by atoms with Crippen molar-refractivity contribution in [2.45, 2.75) is 13.8 Å². The Bertz CT molecular complexity index is 1400. The van der Waals surface area contributed by atoms with Gasteiger partial charge in [0.2, 0.25) is 5.55 Å². The lowest BCUT2D eigenvalue weighted by molar-refractivity contribution is 0.0603. The zero-order chi connectivity index (χ0) is 23.5. The summed E-state index contributed by atoms with van der Waals surface area (Å²) < 4.78 is 16.1. The van der Waals surface area contributed by atoms with Gasteiger partial charge in [0, 0.05) is 16.3 Å². The van der Waals surface area contributed by atoms with Crippen LogP contribution in [0.1, 0.15) is 33.2 Å². The van der Waals surface area contributed by atoms with Crippen molar-refractivity contribution in [2.24, 2.45) is 0 Å². The van der Waals surface area contributed by atoms with E-state index < -0.39 is 11.9 Å². The summed E-state index contributed by atoms with van der Waals surface area (Å²) in [5.74, 6) is -0.614. The normalized spacial score (nSPS) is 10.8. The van der Waals surface area contributed by atoms with E-state index in [1.54, 1.807) is 29.6 Å². The Labute approximate surface area is 194 Å². The minimum absolute atomic E-state index is 0.0391. The third-order valence-electron chi connectivity index (χ3n) is 5.07. The van der Waals surface area contributed by atoms with Crippen LogP contribution in [-0.2, 0) is 4.74 Å². The van der Waals surface area contributed by atoms with E-state index in [-0.39, 0.29) is 16.7 Å². The molecule has 0 aliphatic rings. The molecule has 0 saturated heterocycles. The number of thiophene rings is 1. The first-order valence-electron chi connectivity index (χ1n) is 10.3. The summed E-state index contributed by atoms with van der Waals surface area (Å²) in [5, 5.41) is 13.8. The predicted molar refractivity (Wildman–Crippen MR) is 127 cm³/mol. The lowest BCUT2D eigenvalue weighted by Gasteiger charge is -2.10. The number of nitrogens with one attached hydrogen (secondary N) is 2. The maximum Gasteiger partial charge on any atom is 0.341 e. The lowest BCUT2D eigenvalue weighted by Crippen LogP contribution is -2.21. The minimum Gasteiger partial charge on any atom is -0.490 e. The highest BCUT2D eigenvalue weighted by Gasteiger charge is 2.23. The Balaban J connectivity index is 1.72. The van der Waals surface area contributed by atoms with Crippen LogP contribution in [-0.4, -0.2) is 25.6 Å². The van der Waals surface area contributed by atoms with Gasteiger partial charge in [0.1, 0.15) is 16.1 Å².